The molecule has 0 saturated carbocycles. The number of aliphatic carboxylic acids is 1. The van der Waals surface area contributed by atoms with Gasteiger partial charge in [-0.05, 0) is 56.7 Å². The van der Waals surface area contributed by atoms with Gasteiger partial charge in [0.15, 0.2) is 0 Å². The van der Waals surface area contributed by atoms with Crippen molar-refractivity contribution in [1.82, 2.24) is 15.2 Å². The SMILES string of the molecule is CC(=O)NC(CCN(CCCCc1ccc2c(n1)NCCC2)CC(F)F)C(=O)O. The van der Waals surface area contributed by atoms with Gasteiger partial charge in [-0.25, -0.2) is 18.6 Å². The summed E-state index contributed by atoms with van der Waals surface area (Å²) < 4.78 is 25.7. The Morgan fingerprint density at radius 1 is 1.31 bits per heavy atom. The summed E-state index contributed by atoms with van der Waals surface area (Å²) >= 11 is 0. The molecule has 1 aliphatic rings. The summed E-state index contributed by atoms with van der Waals surface area (Å²) in [7, 11) is 0. The van der Waals surface area contributed by atoms with Crippen molar-refractivity contribution in [3.8, 4) is 0 Å². The monoisotopic (exact) mass is 412 g/mol. The Morgan fingerprint density at radius 2 is 2.10 bits per heavy atom. The van der Waals surface area contributed by atoms with E-state index in [1.165, 1.54) is 12.5 Å². The molecule has 1 atom stereocenters. The molecule has 1 unspecified atom stereocenters. The highest BCUT2D eigenvalue weighted by Crippen LogP contribution is 2.20. The van der Waals surface area contributed by atoms with Gasteiger partial charge >= 0.3 is 5.97 Å². The number of hydrogen-bond acceptors (Lipinski definition) is 5. The van der Waals surface area contributed by atoms with Gasteiger partial charge in [-0.2, -0.15) is 0 Å². The van der Waals surface area contributed by atoms with Gasteiger partial charge in [0.2, 0.25) is 5.91 Å². The number of anilines is 1. The smallest absolute Gasteiger partial charge is 0.326 e. The van der Waals surface area contributed by atoms with Gasteiger partial charge in [0.05, 0.1) is 6.54 Å². The second-order valence-electron chi connectivity index (χ2n) is 7.37. The van der Waals surface area contributed by atoms with Crippen LogP contribution in [0.15, 0.2) is 12.1 Å². The molecule has 9 heteroatoms. The Labute approximate surface area is 169 Å². The molecule has 1 aromatic rings. The molecule has 1 amide bonds. The molecule has 7 nitrogen and oxygen atoms in total. The Hall–Kier alpha value is -2.29. The van der Waals surface area contributed by atoms with Crippen LogP contribution < -0.4 is 10.6 Å². The van der Waals surface area contributed by atoms with Crippen LogP contribution >= 0.6 is 0 Å². The number of rotatable bonds is 12. The molecule has 162 valence electrons. The van der Waals surface area contributed by atoms with Crippen LogP contribution in [0.25, 0.3) is 0 Å². The summed E-state index contributed by atoms with van der Waals surface area (Å²) in [4.78, 5) is 28.5. The van der Waals surface area contributed by atoms with Gasteiger partial charge in [-0.15, -0.1) is 0 Å². The normalized spacial score (nSPS) is 14.4. The number of aryl methyl sites for hydroxylation is 2. The number of aromatic nitrogens is 1. The third-order valence-corrected chi connectivity index (χ3v) is 4.91. The molecule has 2 rings (SSSR count). The average Bonchev–Trinajstić information content (AvgIpc) is 2.67. The van der Waals surface area contributed by atoms with Crippen molar-refractivity contribution < 1.29 is 23.5 Å². The summed E-state index contributed by atoms with van der Waals surface area (Å²) in [5, 5.41) is 14.8. The maximum absolute atomic E-state index is 12.9. The van der Waals surface area contributed by atoms with Gasteiger partial charge in [-0.3, -0.25) is 9.69 Å². The Bertz CT molecular complexity index is 688. The number of pyridine rings is 1. The maximum Gasteiger partial charge on any atom is 0.326 e. The van der Waals surface area contributed by atoms with Gasteiger partial charge in [0, 0.05) is 25.7 Å². The number of nitrogens with one attached hydrogen (secondary N) is 2. The zero-order chi connectivity index (χ0) is 21.2. The van der Waals surface area contributed by atoms with Crippen LogP contribution in [0.3, 0.4) is 0 Å². The molecule has 0 radical (unpaired) electrons. The van der Waals surface area contributed by atoms with E-state index in [0.29, 0.717) is 13.0 Å². The minimum Gasteiger partial charge on any atom is -0.480 e. The van der Waals surface area contributed by atoms with Crippen molar-refractivity contribution in [2.24, 2.45) is 0 Å². The molecule has 0 aliphatic carbocycles. The lowest BCUT2D eigenvalue weighted by Crippen LogP contribution is -2.43. The summed E-state index contributed by atoms with van der Waals surface area (Å²) in [6.07, 6.45) is 2.01. The average molecular weight is 412 g/mol. The largest absolute Gasteiger partial charge is 0.480 e. The van der Waals surface area contributed by atoms with Crippen molar-refractivity contribution in [1.29, 1.82) is 0 Å². The Balaban J connectivity index is 1.79. The van der Waals surface area contributed by atoms with E-state index in [9.17, 15) is 18.4 Å². The third-order valence-electron chi connectivity index (χ3n) is 4.91. The molecule has 0 fully saturated rings. The summed E-state index contributed by atoms with van der Waals surface area (Å²) in [6.45, 7) is 2.38. The topological polar surface area (TPSA) is 94.6 Å². The fraction of sp³-hybridized carbons (Fsp3) is 0.650. The number of fused-ring (bicyclic) bond motifs is 1. The lowest BCUT2D eigenvalue weighted by molar-refractivity contribution is -0.141. The summed E-state index contributed by atoms with van der Waals surface area (Å²) in [5.41, 5.74) is 2.21. The van der Waals surface area contributed by atoms with Crippen molar-refractivity contribution in [2.75, 3.05) is 31.5 Å². The van der Waals surface area contributed by atoms with E-state index in [-0.39, 0.29) is 13.0 Å². The van der Waals surface area contributed by atoms with Gasteiger partial charge < -0.3 is 15.7 Å². The predicted octanol–water partition coefficient (Wildman–Crippen LogP) is 2.31. The van der Waals surface area contributed by atoms with Crippen LogP contribution in [0.1, 0.15) is 43.9 Å². The molecule has 0 aromatic carbocycles. The van der Waals surface area contributed by atoms with Gasteiger partial charge in [0.25, 0.3) is 6.43 Å². The zero-order valence-electron chi connectivity index (χ0n) is 16.8. The minimum atomic E-state index is -2.49. The lowest BCUT2D eigenvalue weighted by atomic mass is 10.1. The number of alkyl halides is 2. The molecule has 3 N–H and O–H groups in total. The second-order valence-corrected chi connectivity index (χ2v) is 7.37. The quantitative estimate of drug-likeness (QED) is 0.456. The van der Waals surface area contributed by atoms with E-state index in [1.807, 2.05) is 6.07 Å². The molecular weight excluding hydrogens is 382 g/mol. The van der Waals surface area contributed by atoms with E-state index < -0.39 is 30.9 Å². The molecule has 29 heavy (non-hydrogen) atoms. The van der Waals surface area contributed by atoms with E-state index in [0.717, 1.165) is 43.7 Å². The fourth-order valence-corrected chi connectivity index (χ4v) is 3.45. The Morgan fingerprint density at radius 3 is 2.79 bits per heavy atom. The van der Waals surface area contributed by atoms with Crippen LogP contribution in [0.5, 0.6) is 0 Å². The summed E-state index contributed by atoms with van der Waals surface area (Å²) in [5.74, 6) is -0.667. The number of carboxylic acids is 1. The first-order valence-electron chi connectivity index (χ1n) is 10.1. The molecule has 0 saturated heterocycles. The van der Waals surface area contributed by atoms with Crippen LogP contribution in [0.2, 0.25) is 0 Å². The first-order valence-corrected chi connectivity index (χ1v) is 10.1. The number of amides is 1. The van der Waals surface area contributed by atoms with E-state index in [4.69, 9.17) is 5.11 Å². The van der Waals surface area contributed by atoms with Gasteiger partial charge in [0.1, 0.15) is 11.9 Å². The van der Waals surface area contributed by atoms with E-state index in [2.05, 4.69) is 21.7 Å². The third kappa shape index (κ3) is 8.31. The zero-order valence-corrected chi connectivity index (χ0v) is 16.8. The number of halogens is 2. The molecule has 0 bridgehead atoms. The first-order chi connectivity index (χ1) is 13.8. The number of carbonyl (C=O) groups excluding carboxylic acids is 1. The van der Waals surface area contributed by atoms with E-state index in [1.54, 1.807) is 4.90 Å². The van der Waals surface area contributed by atoms with Crippen LogP contribution in [0, 0.1) is 0 Å². The highest BCUT2D eigenvalue weighted by Gasteiger charge is 2.20. The van der Waals surface area contributed by atoms with Crippen LogP contribution in [0.4, 0.5) is 14.6 Å². The number of carbonyl (C=O) groups is 2. The van der Waals surface area contributed by atoms with Crippen LogP contribution in [-0.4, -0.2) is 65.5 Å². The van der Waals surface area contributed by atoms with Crippen molar-refractivity contribution >= 4 is 17.7 Å². The van der Waals surface area contributed by atoms with Crippen molar-refractivity contribution in [3.05, 3.63) is 23.4 Å². The molecule has 0 spiro atoms. The number of nitrogens with zero attached hydrogens (tertiary/aromatic N) is 2. The van der Waals surface area contributed by atoms with Crippen molar-refractivity contribution in [3.63, 3.8) is 0 Å². The highest BCUT2D eigenvalue weighted by atomic mass is 19.3. The van der Waals surface area contributed by atoms with Crippen molar-refractivity contribution in [2.45, 2.75) is 57.9 Å². The molecular formula is C20H30F2N4O3. The predicted molar refractivity (Wildman–Crippen MR) is 106 cm³/mol. The first kappa shape index (κ1) is 23.0. The standard InChI is InChI=1S/C20H30F2N4O3/c1-14(27)24-17(20(28)29)9-12-26(13-18(21)22)11-3-2-6-16-8-7-15-5-4-10-23-19(15)25-16/h7-8,17-18H,2-6,9-13H2,1H3,(H,23,25)(H,24,27)(H,28,29). The number of unbranched alkanes of at least 4 members (excludes halogenated alkanes) is 1. The summed E-state index contributed by atoms with van der Waals surface area (Å²) in [6, 6.07) is 3.05. The maximum atomic E-state index is 12.9. The Kier molecular flexibility index (Phi) is 9.24. The molecule has 1 aliphatic heterocycles. The number of hydrogen-bond donors (Lipinski definition) is 3. The lowest BCUT2D eigenvalue weighted by Gasteiger charge is -2.24. The van der Waals surface area contributed by atoms with Crippen LogP contribution in [-0.2, 0) is 22.4 Å². The molecule has 1 aromatic heterocycles. The minimum absolute atomic E-state index is 0.0830. The second kappa shape index (κ2) is 11.6. The number of carboxylic acid groups (broad SMARTS) is 1. The molecule has 2 heterocycles. The van der Waals surface area contributed by atoms with E-state index >= 15 is 0 Å². The van der Waals surface area contributed by atoms with Gasteiger partial charge in [-0.1, -0.05) is 6.07 Å². The highest BCUT2D eigenvalue weighted by molar-refractivity contribution is 5.82. The fourth-order valence-electron chi connectivity index (χ4n) is 3.45.